The third kappa shape index (κ3) is 12.9. The van der Waals surface area contributed by atoms with Gasteiger partial charge in [-0.15, -0.1) is 24.4 Å². The summed E-state index contributed by atoms with van der Waals surface area (Å²) in [6.07, 6.45) is 1.52. The highest BCUT2D eigenvalue weighted by atomic mass is 36.0. The van der Waals surface area contributed by atoms with Crippen LogP contribution in [0, 0.1) is 38.5 Å². The van der Waals surface area contributed by atoms with Crippen molar-refractivity contribution < 1.29 is 45.2 Å². The van der Waals surface area contributed by atoms with Crippen LogP contribution in [0.2, 0.25) is 0 Å². The van der Waals surface area contributed by atoms with Crippen molar-refractivity contribution in [1.29, 1.82) is 0 Å². The third-order valence-corrected chi connectivity index (χ3v) is 7.26. The molecule has 0 spiro atoms. The quantitative estimate of drug-likeness (QED) is 0.0784. The molecule has 4 aromatic carbocycles. The summed E-state index contributed by atoms with van der Waals surface area (Å²) in [5, 5.41) is 13.9. The van der Waals surface area contributed by atoms with Crippen LogP contribution in [0.25, 0.3) is 0 Å². The van der Waals surface area contributed by atoms with Crippen LogP contribution in [0.1, 0.15) is 65.2 Å². The van der Waals surface area contributed by atoms with Gasteiger partial charge in [-0.3, -0.25) is 9.59 Å². The van der Waals surface area contributed by atoms with Crippen LogP contribution in [0.3, 0.4) is 0 Å². The van der Waals surface area contributed by atoms with Crippen molar-refractivity contribution in [2.24, 2.45) is 0 Å². The van der Waals surface area contributed by atoms with Crippen LogP contribution in [0.15, 0.2) is 72.8 Å². The number of aryl methyl sites for hydroxylation is 2. The molecule has 4 aromatic rings. The summed E-state index contributed by atoms with van der Waals surface area (Å²) < 4.78 is 87.1. The van der Waals surface area contributed by atoms with E-state index in [1.54, 1.807) is 32.0 Å². The minimum Gasteiger partial charge on any atom is -0.392 e. The average molecular weight is 804 g/mol. The van der Waals surface area contributed by atoms with Gasteiger partial charge in [0.15, 0.2) is 0 Å². The van der Waals surface area contributed by atoms with Crippen molar-refractivity contribution in [3.8, 4) is 24.7 Å². The van der Waals surface area contributed by atoms with Crippen LogP contribution >= 0.6 is 33.0 Å². The molecule has 0 atom stereocenters. The zero-order valence-corrected chi connectivity index (χ0v) is 30.1. The lowest BCUT2D eigenvalue weighted by Gasteiger charge is -2.14. The Morgan fingerprint density at radius 2 is 1.08 bits per heavy atom. The molecule has 4 rings (SSSR count). The summed E-state index contributed by atoms with van der Waals surface area (Å²) in [4.78, 5) is 24.4. The second-order valence-corrected chi connectivity index (χ2v) is 13.3. The minimum absolute atomic E-state index is 0.0210. The molecule has 0 unspecified atom stereocenters. The van der Waals surface area contributed by atoms with Crippen LogP contribution in [-0.4, -0.2) is 21.1 Å². The van der Waals surface area contributed by atoms with Crippen LogP contribution in [0.5, 0.6) is 0 Å². The highest BCUT2D eigenvalue weighted by Gasteiger charge is 2.34. The van der Waals surface area contributed by atoms with E-state index in [1.165, 1.54) is 36.4 Å². The maximum Gasteiger partial charge on any atom is 0.416 e. The summed E-state index contributed by atoms with van der Waals surface area (Å²) >= 11 is 5.53. The van der Waals surface area contributed by atoms with Crippen molar-refractivity contribution in [3.63, 3.8) is 0 Å². The number of anilines is 2. The van der Waals surface area contributed by atoms with Gasteiger partial charge < -0.3 is 15.7 Å². The van der Waals surface area contributed by atoms with Crippen molar-refractivity contribution in [1.82, 2.24) is 0 Å². The second-order valence-electron chi connectivity index (χ2n) is 10.5. The molecule has 0 aliphatic rings. The molecule has 16 heteroatoms. The Bertz CT molecular complexity index is 1900. The highest BCUT2D eigenvalue weighted by Crippen LogP contribution is 2.35. The Hall–Kier alpha value is -4.50. The van der Waals surface area contributed by atoms with Gasteiger partial charge in [-0.1, -0.05) is 36.1 Å². The minimum atomic E-state index is -4.63. The fraction of sp³-hybridized carbons (Fsp3) is 0.167. The summed E-state index contributed by atoms with van der Waals surface area (Å²) in [5.74, 6) is 3.51. The number of carbonyl (C=O) groups is 2. The molecule has 52 heavy (non-hydrogen) atoms. The van der Waals surface area contributed by atoms with E-state index in [2.05, 4.69) is 43.8 Å². The number of hydrogen-bond donors (Lipinski definition) is 3. The largest absolute Gasteiger partial charge is 0.416 e. The molecule has 0 bridgehead atoms. The SMILES string of the molecule is C#Cc1cc(C(=O)Nc2ccc(CCl)c(C(F)(F)F)c2)ccc1C.C#Cc1cc(C(=O)Nc2ccc(CO)c(C(F)(F)F)c2)ccc1C.O=S(Cl)Cl. The first-order valence-electron chi connectivity index (χ1n) is 14.3. The number of benzene rings is 4. The number of nitrogens with one attached hydrogen (secondary N) is 2. The maximum absolute atomic E-state index is 13.0. The molecule has 6 nitrogen and oxygen atoms in total. The fourth-order valence-electron chi connectivity index (χ4n) is 4.33. The van der Waals surface area contributed by atoms with E-state index in [1.807, 2.05) is 0 Å². The number of alkyl halides is 7. The van der Waals surface area contributed by atoms with E-state index in [9.17, 15) is 35.9 Å². The molecule has 0 aliphatic heterocycles. The van der Waals surface area contributed by atoms with Gasteiger partial charge in [-0.05, 0) is 84.6 Å². The fourth-order valence-corrected chi connectivity index (χ4v) is 4.57. The van der Waals surface area contributed by atoms with E-state index in [4.69, 9.17) is 33.8 Å². The number of amides is 2. The predicted octanol–water partition coefficient (Wildman–Crippen LogP) is 9.77. The second kappa shape index (κ2) is 19.4. The Kier molecular flexibility index (Phi) is 16.3. The van der Waals surface area contributed by atoms with Crippen molar-refractivity contribution >= 4 is 65.4 Å². The normalized spacial score (nSPS) is 10.8. The van der Waals surface area contributed by atoms with Gasteiger partial charge in [0, 0.05) is 60.9 Å². The first kappa shape index (κ1) is 43.7. The first-order valence-corrected chi connectivity index (χ1v) is 17.7. The molecule has 0 saturated heterocycles. The molecule has 0 heterocycles. The number of carbonyl (C=O) groups excluding carboxylic acids is 2. The van der Waals surface area contributed by atoms with Crippen LogP contribution in [-0.2, 0) is 34.1 Å². The maximum atomic E-state index is 13.0. The lowest BCUT2D eigenvalue weighted by molar-refractivity contribution is -0.139. The summed E-state index contributed by atoms with van der Waals surface area (Å²) in [7, 11) is 7.36. The van der Waals surface area contributed by atoms with E-state index >= 15 is 0 Å². The molecular formula is C36H27Cl3F6N2O4S. The average Bonchev–Trinajstić information content (AvgIpc) is 3.07. The molecule has 0 fully saturated rings. The molecule has 0 radical (unpaired) electrons. The summed E-state index contributed by atoms with van der Waals surface area (Å²) in [5.41, 5.74) is 1.09. The molecule has 274 valence electrons. The lowest BCUT2D eigenvalue weighted by atomic mass is 10.0. The molecule has 2 amide bonds. The lowest BCUT2D eigenvalue weighted by Crippen LogP contribution is -2.15. The first-order chi connectivity index (χ1) is 24.2. The van der Waals surface area contributed by atoms with Crippen LogP contribution in [0.4, 0.5) is 37.7 Å². The molecular weight excluding hydrogens is 777 g/mol. The molecule has 3 N–H and O–H groups in total. The van der Waals surface area contributed by atoms with Gasteiger partial charge in [0.05, 0.1) is 17.7 Å². The van der Waals surface area contributed by atoms with Gasteiger partial charge in [0.1, 0.15) is 0 Å². The Morgan fingerprint density at radius 3 is 1.40 bits per heavy atom. The van der Waals surface area contributed by atoms with Gasteiger partial charge in [-0.2, -0.15) is 26.3 Å². The van der Waals surface area contributed by atoms with Gasteiger partial charge >= 0.3 is 12.4 Å². The number of halogens is 9. The zero-order chi connectivity index (χ0) is 39.4. The third-order valence-electron chi connectivity index (χ3n) is 6.97. The number of hydrogen-bond acceptors (Lipinski definition) is 4. The number of aliphatic hydroxyl groups excluding tert-OH is 1. The van der Waals surface area contributed by atoms with Crippen LogP contribution < -0.4 is 10.6 Å². The van der Waals surface area contributed by atoms with E-state index in [0.717, 1.165) is 29.3 Å². The van der Waals surface area contributed by atoms with Gasteiger partial charge in [0.25, 0.3) is 11.8 Å². The number of terminal acetylenes is 2. The zero-order valence-electron chi connectivity index (χ0n) is 27.0. The Morgan fingerprint density at radius 1 is 0.712 bits per heavy atom. The van der Waals surface area contributed by atoms with Gasteiger partial charge in [-0.25, -0.2) is 4.21 Å². The summed E-state index contributed by atoms with van der Waals surface area (Å²) in [6.45, 7) is 2.85. The van der Waals surface area contributed by atoms with Crippen molar-refractivity contribution in [3.05, 3.63) is 128 Å². The predicted molar refractivity (Wildman–Crippen MR) is 192 cm³/mol. The Balaban J connectivity index is 0.000000327. The summed E-state index contributed by atoms with van der Waals surface area (Å²) in [6, 6.07) is 16.2. The number of aliphatic hydroxyl groups is 1. The highest BCUT2D eigenvalue weighted by molar-refractivity contribution is 8.26. The molecule has 0 saturated carbocycles. The van der Waals surface area contributed by atoms with E-state index in [0.29, 0.717) is 11.1 Å². The molecule has 0 aliphatic carbocycles. The van der Waals surface area contributed by atoms with E-state index < -0.39 is 51.1 Å². The standard InChI is InChI=1S/C18H13ClF3NO.C18H14F3NO2.Cl2OS/c1-3-12-8-13(5-4-11(12)2)17(24)23-15-7-6-14(10-19)16(9-15)18(20,21)22;1-3-12-8-13(5-4-11(12)2)17(24)22-15-7-6-14(10-23)16(9-15)18(19,20)21;1-4(2)3/h1,4-9H,10H2,2H3,(H,23,24);1,4-9,23H,10H2,2H3,(H,22,24);. The smallest absolute Gasteiger partial charge is 0.392 e. The monoisotopic (exact) mass is 802 g/mol. The number of rotatable bonds is 6. The Labute approximate surface area is 311 Å². The van der Waals surface area contributed by atoms with Crippen molar-refractivity contribution in [2.75, 3.05) is 10.6 Å². The van der Waals surface area contributed by atoms with Gasteiger partial charge in [0.2, 0.25) is 9.23 Å². The molecule has 0 aromatic heterocycles. The van der Waals surface area contributed by atoms with Crippen molar-refractivity contribution in [2.45, 2.75) is 38.7 Å². The van der Waals surface area contributed by atoms with E-state index in [-0.39, 0.29) is 39.5 Å². The topological polar surface area (TPSA) is 95.5 Å².